The van der Waals surface area contributed by atoms with Crippen LogP contribution in [-0.4, -0.2) is 40.1 Å². The topological polar surface area (TPSA) is 69.6 Å². The third-order valence-electron chi connectivity index (χ3n) is 3.75. The number of amides is 2. The van der Waals surface area contributed by atoms with E-state index < -0.39 is 11.5 Å². The average molecular weight is 252 g/mol. The maximum absolute atomic E-state index is 12.2. The number of carbonyl (C=O) groups excluding carboxylic acids is 1. The van der Waals surface area contributed by atoms with E-state index >= 15 is 0 Å². The monoisotopic (exact) mass is 252 g/mol. The van der Waals surface area contributed by atoms with E-state index in [1.807, 2.05) is 0 Å². The van der Waals surface area contributed by atoms with Crippen LogP contribution in [0.15, 0.2) is 12.7 Å². The third kappa shape index (κ3) is 2.83. The molecule has 5 nitrogen and oxygen atoms in total. The zero-order chi connectivity index (χ0) is 13.2. The van der Waals surface area contributed by atoms with E-state index in [2.05, 4.69) is 11.9 Å². The number of nitrogens with zero attached hydrogens (tertiary/aromatic N) is 1. The number of carboxylic acids is 1. The van der Waals surface area contributed by atoms with Crippen molar-refractivity contribution in [3.63, 3.8) is 0 Å². The summed E-state index contributed by atoms with van der Waals surface area (Å²) in [6.07, 6.45) is 6.31. The van der Waals surface area contributed by atoms with Gasteiger partial charge in [0.25, 0.3) is 0 Å². The van der Waals surface area contributed by atoms with Crippen LogP contribution in [-0.2, 0) is 4.79 Å². The molecule has 0 aromatic rings. The molecule has 18 heavy (non-hydrogen) atoms. The van der Waals surface area contributed by atoms with E-state index in [0.29, 0.717) is 12.6 Å². The van der Waals surface area contributed by atoms with Crippen molar-refractivity contribution in [3.05, 3.63) is 12.7 Å². The first-order valence-electron chi connectivity index (χ1n) is 6.48. The molecule has 0 bridgehead atoms. The number of aliphatic carboxylic acids is 1. The first-order chi connectivity index (χ1) is 8.56. The number of hydrogen-bond acceptors (Lipinski definition) is 2. The zero-order valence-electron chi connectivity index (χ0n) is 10.5. The Kier molecular flexibility index (Phi) is 3.59. The standard InChI is InChI=1S/C13H20N2O3/c1-2-8-15(10-4-5-10)12(18)14-13(6-3-7-13)9-11(16)17/h2,10H,1,3-9H2,(H,14,18)(H,16,17). The van der Waals surface area contributed by atoms with Gasteiger partial charge in [-0.3, -0.25) is 4.79 Å². The molecule has 0 heterocycles. The Morgan fingerprint density at radius 2 is 2.11 bits per heavy atom. The van der Waals surface area contributed by atoms with E-state index in [1.165, 1.54) is 0 Å². The van der Waals surface area contributed by atoms with Crippen LogP contribution in [0.25, 0.3) is 0 Å². The lowest BCUT2D eigenvalue weighted by Gasteiger charge is -2.42. The summed E-state index contributed by atoms with van der Waals surface area (Å²) in [6, 6.07) is 0.170. The number of hydrogen-bond donors (Lipinski definition) is 2. The summed E-state index contributed by atoms with van der Waals surface area (Å²) in [6.45, 7) is 4.18. The molecule has 0 aromatic carbocycles. The Balaban J connectivity index is 1.95. The summed E-state index contributed by atoms with van der Waals surface area (Å²) in [4.78, 5) is 24.8. The van der Waals surface area contributed by atoms with Gasteiger partial charge in [-0.1, -0.05) is 6.08 Å². The highest BCUT2D eigenvalue weighted by molar-refractivity contribution is 5.78. The van der Waals surface area contributed by atoms with Crippen LogP contribution in [0.5, 0.6) is 0 Å². The minimum Gasteiger partial charge on any atom is -0.481 e. The van der Waals surface area contributed by atoms with Gasteiger partial charge in [0.2, 0.25) is 0 Å². The molecule has 5 heteroatoms. The molecule has 2 saturated carbocycles. The van der Waals surface area contributed by atoms with Crippen LogP contribution in [0.2, 0.25) is 0 Å². The van der Waals surface area contributed by atoms with Crippen LogP contribution >= 0.6 is 0 Å². The van der Waals surface area contributed by atoms with Crippen molar-refractivity contribution in [1.29, 1.82) is 0 Å². The normalized spacial score (nSPS) is 20.7. The molecule has 0 radical (unpaired) electrons. The molecular formula is C13H20N2O3. The quantitative estimate of drug-likeness (QED) is 0.707. The van der Waals surface area contributed by atoms with Crippen molar-refractivity contribution in [2.75, 3.05) is 6.54 Å². The molecule has 2 aliphatic carbocycles. The van der Waals surface area contributed by atoms with Crippen molar-refractivity contribution < 1.29 is 14.7 Å². The van der Waals surface area contributed by atoms with E-state index in [0.717, 1.165) is 32.1 Å². The molecule has 0 saturated heterocycles. The Morgan fingerprint density at radius 1 is 1.44 bits per heavy atom. The molecule has 0 spiro atoms. The van der Waals surface area contributed by atoms with Crippen LogP contribution in [0.3, 0.4) is 0 Å². The molecule has 2 fully saturated rings. The Morgan fingerprint density at radius 3 is 2.50 bits per heavy atom. The highest BCUT2D eigenvalue weighted by Crippen LogP contribution is 2.36. The third-order valence-corrected chi connectivity index (χ3v) is 3.75. The molecule has 2 N–H and O–H groups in total. The first kappa shape index (κ1) is 12.9. The molecule has 0 aliphatic heterocycles. The van der Waals surface area contributed by atoms with Crippen molar-refractivity contribution in [2.45, 2.75) is 50.1 Å². The summed E-state index contributed by atoms with van der Waals surface area (Å²) in [5, 5.41) is 11.8. The second-order valence-electron chi connectivity index (χ2n) is 5.31. The lowest BCUT2D eigenvalue weighted by Crippen LogP contribution is -2.58. The van der Waals surface area contributed by atoms with Crippen molar-refractivity contribution in [2.24, 2.45) is 0 Å². The summed E-state index contributed by atoms with van der Waals surface area (Å²) in [5.41, 5.74) is -0.517. The molecule has 0 unspecified atom stereocenters. The molecule has 2 amide bonds. The van der Waals surface area contributed by atoms with Crippen LogP contribution < -0.4 is 5.32 Å². The molecular weight excluding hydrogens is 232 g/mol. The number of urea groups is 1. The molecule has 0 aromatic heterocycles. The summed E-state index contributed by atoms with van der Waals surface area (Å²) >= 11 is 0. The fourth-order valence-corrected chi connectivity index (χ4v) is 2.46. The molecule has 0 atom stereocenters. The van der Waals surface area contributed by atoms with E-state index in [-0.39, 0.29) is 12.5 Å². The summed E-state index contributed by atoms with van der Waals surface area (Å²) < 4.78 is 0. The number of rotatable bonds is 6. The van der Waals surface area contributed by atoms with Crippen molar-refractivity contribution in [1.82, 2.24) is 10.2 Å². The Hall–Kier alpha value is -1.52. The van der Waals surface area contributed by atoms with Crippen LogP contribution in [0.4, 0.5) is 4.79 Å². The van der Waals surface area contributed by atoms with Gasteiger partial charge in [-0.25, -0.2) is 4.79 Å². The predicted molar refractivity (Wildman–Crippen MR) is 67.3 cm³/mol. The van der Waals surface area contributed by atoms with E-state index in [9.17, 15) is 9.59 Å². The largest absolute Gasteiger partial charge is 0.481 e. The van der Waals surface area contributed by atoms with Gasteiger partial charge < -0.3 is 15.3 Å². The minimum absolute atomic E-state index is 0.0192. The van der Waals surface area contributed by atoms with Gasteiger partial charge in [-0.2, -0.15) is 0 Å². The number of carbonyl (C=O) groups is 2. The SMILES string of the molecule is C=CCN(C(=O)NC1(CC(=O)O)CCC1)C1CC1. The number of nitrogens with one attached hydrogen (secondary N) is 1. The summed E-state index contributed by atoms with van der Waals surface area (Å²) in [5.74, 6) is -0.850. The van der Waals surface area contributed by atoms with Gasteiger partial charge in [0.05, 0.1) is 12.0 Å². The molecule has 100 valence electrons. The highest BCUT2D eigenvalue weighted by atomic mass is 16.4. The fourth-order valence-electron chi connectivity index (χ4n) is 2.46. The highest BCUT2D eigenvalue weighted by Gasteiger charge is 2.42. The van der Waals surface area contributed by atoms with E-state index in [4.69, 9.17) is 5.11 Å². The van der Waals surface area contributed by atoms with E-state index in [1.54, 1.807) is 11.0 Å². The Bertz CT molecular complexity index is 359. The van der Waals surface area contributed by atoms with Crippen LogP contribution in [0, 0.1) is 0 Å². The maximum atomic E-state index is 12.2. The number of carboxylic acid groups (broad SMARTS) is 1. The van der Waals surface area contributed by atoms with Gasteiger partial charge in [-0.15, -0.1) is 6.58 Å². The second-order valence-corrected chi connectivity index (χ2v) is 5.31. The zero-order valence-corrected chi connectivity index (χ0v) is 10.5. The van der Waals surface area contributed by atoms with Gasteiger partial charge in [0.1, 0.15) is 0 Å². The second kappa shape index (κ2) is 5.00. The molecule has 2 rings (SSSR count). The smallest absolute Gasteiger partial charge is 0.318 e. The van der Waals surface area contributed by atoms with Crippen molar-refractivity contribution >= 4 is 12.0 Å². The lowest BCUT2D eigenvalue weighted by molar-refractivity contribution is -0.139. The molecule has 2 aliphatic rings. The van der Waals surface area contributed by atoms with Gasteiger partial charge >= 0.3 is 12.0 Å². The average Bonchev–Trinajstić information content (AvgIpc) is 3.05. The maximum Gasteiger partial charge on any atom is 0.318 e. The first-order valence-corrected chi connectivity index (χ1v) is 6.48. The fraction of sp³-hybridized carbons (Fsp3) is 0.692. The van der Waals surface area contributed by atoms with Gasteiger partial charge in [-0.05, 0) is 32.1 Å². The van der Waals surface area contributed by atoms with Crippen molar-refractivity contribution in [3.8, 4) is 0 Å². The summed E-state index contributed by atoms with van der Waals surface area (Å²) in [7, 11) is 0. The predicted octanol–water partition coefficient (Wildman–Crippen LogP) is 1.74. The Labute approximate surface area is 107 Å². The van der Waals surface area contributed by atoms with Crippen LogP contribution in [0.1, 0.15) is 38.5 Å². The lowest BCUT2D eigenvalue weighted by atomic mass is 9.74. The minimum atomic E-state index is -0.850. The van der Waals surface area contributed by atoms with Gasteiger partial charge in [0, 0.05) is 12.6 Å². The van der Waals surface area contributed by atoms with Gasteiger partial charge in [0.15, 0.2) is 0 Å².